The molecule has 0 aliphatic heterocycles. The van der Waals surface area contributed by atoms with E-state index in [-0.39, 0.29) is 18.4 Å². The van der Waals surface area contributed by atoms with Crippen molar-refractivity contribution >= 4 is 40.8 Å². The van der Waals surface area contributed by atoms with Crippen LogP contribution in [-0.4, -0.2) is 35.0 Å². The van der Waals surface area contributed by atoms with Gasteiger partial charge in [0.25, 0.3) is 5.91 Å². The maximum Gasteiger partial charge on any atom is 0.254 e. The van der Waals surface area contributed by atoms with Gasteiger partial charge in [0.2, 0.25) is 5.91 Å². The molecule has 2 aromatic rings. The third-order valence-electron chi connectivity index (χ3n) is 3.47. The normalized spacial score (nSPS) is 10.8. The summed E-state index contributed by atoms with van der Waals surface area (Å²) in [5, 5.41) is 6.87. The number of nitrogens with one attached hydrogen (secondary N) is 1. The van der Waals surface area contributed by atoms with Crippen LogP contribution >= 0.6 is 23.2 Å². The molecule has 0 unspecified atom stereocenters. The number of benzene rings is 1. The van der Waals surface area contributed by atoms with Gasteiger partial charge in [-0.1, -0.05) is 42.2 Å². The number of amides is 2. The molecule has 1 N–H and O–H groups in total. The summed E-state index contributed by atoms with van der Waals surface area (Å²) in [6.07, 6.45) is 2.12. The van der Waals surface area contributed by atoms with Crippen LogP contribution in [0, 0.1) is 5.92 Å². The smallest absolute Gasteiger partial charge is 0.254 e. The predicted octanol–water partition coefficient (Wildman–Crippen LogP) is 4.11. The predicted molar refractivity (Wildman–Crippen MR) is 97.0 cm³/mol. The van der Waals surface area contributed by atoms with Crippen molar-refractivity contribution in [2.75, 3.05) is 18.4 Å². The topological polar surface area (TPSA) is 75.4 Å². The highest BCUT2D eigenvalue weighted by molar-refractivity contribution is 6.42. The highest BCUT2D eigenvalue weighted by Crippen LogP contribution is 2.23. The van der Waals surface area contributed by atoms with E-state index in [4.69, 9.17) is 23.2 Å². The van der Waals surface area contributed by atoms with Gasteiger partial charge in [0.1, 0.15) is 12.8 Å². The van der Waals surface area contributed by atoms with Crippen molar-refractivity contribution in [3.63, 3.8) is 0 Å². The van der Waals surface area contributed by atoms with Crippen molar-refractivity contribution in [2.45, 2.75) is 20.3 Å². The maximum atomic E-state index is 12.8. The minimum atomic E-state index is -0.355. The molecule has 1 aromatic heterocycles. The zero-order valence-electron chi connectivity index (χ0n) is 14.0. The first-order valence-electron chi connectivity index (χ1n) is 7.81. The molecule has 2 amide bonds. The second kappa shape index (κ2) is 8.87. The van der Waals surface area contributed by atoms with Crippen LogP contribution in [0.15, 0.2) is 35.1 Å². The van der Waals surface area contributed by atoms with Crippen LogP contribution < -0.4 is 5.32 Å². The molecule has 1 heterocycles. The molecule has 6 nitrogen and oxygen atoms in total. The Hall–Kier alpha value is -2.05. The lowest BCUT2D eigenvalue weighted by molar-refractivity contribution is -0.117. The van der Waals surface area contributed by atoms with Gasteiger partial charge in [-0.25, -0.2) is 0 Å². The summed E-state index contributed by atoms with van der Waals surface area (Å²) in [6.45, 7) is 4.45. The van der Waals surface area contributed by atoms with E-state index in [2.05, 4.69) is 28.8 Å². The average Bonchev–Trinajstić information content (AvgIpc) is 3.06. The molecule has 0 spiro atoms. The molecule has 0 bridgehead atoms. The summed E-state index contributed by atoms with van der Waals surface area (Å²) in [5.41, 5.74) is 0.382. The SMILES string of the molecule is CC(C)CCN(CC(=O)Nc1ccon1)C(=O)c1ccc(Cl)c(Cl)c1. The molecule has 1 aromatic carbocycles. The standard InChI is InChI=1S/C17H19Cl2N3O3/c1-11(2)5-7-22(10-16(23)20-15-6-8-25-21-15)17(24)12-3-4-13(18)14(19)9-12/h3-4,6,8-9,11H,5,7,10H2,1-2H3,(H,20,21,23). The Balaban J connectivity index is 2.11. The van der Waals surface area contributed by atoms with Crippen molar-refractivity contribution in [2.24, 2.45) is 5.92 Å². The molecule has 134 valence electrons. The van der Waals surface area contributed by atoms with Crippen molar-refractivity contribution in [3.8, 4) is 0 Å². The summed E-state index contributed by atoms with van der Waals surface area (Å²) in [5.74, 6) is 0.0547. The summed E-state index contributed by atoms with van der Waals surface area (Å²) >= 11 is 11.9. The van der Waals surface area contributed by atoms with Gasteiger partial charge in [-0.05, 0) is 30.5 Å². The minimum absolute atomic E-state index is 0.0986. The number of rotatable bonds is 7. The Morgan fingerprint density at radius 2 is 2.00 bits per heavy atom. The molecule has 0 radical (unpaired) electrons. The fraction of sp³-hybridized carbons (Fsp3) is 0.353. The van der Waals surface area contributed by atoms with Gasteiger partial charge >= 0.3 is 0 Å². The Morgan fingerprint density at radius 3 is 2.60 bits per heavy atom. The van der Waals surface area contributed by atoms with Crippen LogP contribution in [0.3, 0.4) is 0 Å². The van der Waals surface area contributed by atoms with Gasteiger partial charge in [-0.3, -0.25) is 9.59 Å². The molecular formula is C17H19Cl2N3O3. The molecule has 0 aliphatic carbocycles. The largest absolute Gasteiger partial charge is 0.363 e. The van der Waals surface area contributed by atoms with Crippen LogP contribution in [0.1, 0.15) is 30.6 Å². The van der Waals surface area contributed by atoms with Crippen molar-refractivity contribution in [3.05, 3.63) is 46.1 Å². The lowest BCUT2D eigenvalue weighted by atomic mass is 10.1. The van der Waals surface area contributed by atoms with Gasteiger partial charge in [0.05, 0.1) is 10.0 Å². The highest BCUT2D eigenvalue weighted by atomic mass is 35.5. The number of hydrogen-bond donors (Lipinski definition) is 1. The van der Waals surface area contributed by atoms with E-state index in [9.17, 15) is 9.59 Å². The molecule has 0 fully saturated rings. The van der Waals surface area contributed by atoms with Gasteiger partial charge in [-0.15, -0.1) is 0 Å². The van der Waals surface area contributed by atoms with E-state index in [0.717, 1.165) is 6.42 Å². The van der Waals surface area contributed by atoms with E-state index < -0.39 is 0 Å². The van der Waals surface area contributed by atoms with Crippen molar-refractivity contribution < 1.29 is 14.1 Å². The fourth-order valence-corrected chi connectivity index (χ4v) is 2.41. The number of halogens is 2. The Labute approximate surface area is 156 Å². The van der Waals surface area contributed by atoms with E-state index in [1.54, 1.807) is 12.1 Å². The van der Waals surface area contributed by atoms with Crippen LogP contribution in [-0.2, 0) is 4.79 Å². The summed E-state index contributed by atoms with van der Waals surface area (Å²) in [6, 6.07) is 6.18. The zero-order valence-corrected chi connectivity index (χ0v) is 15.5. The molecule has 0 aliphatic rings. The van der Waals surface area contributed by atoms with Crippen molar-refractivity contribution in [1.29, 1.82) is 0 Å². The molecule has 25 heavy (non-hydrogen) atoms. The van der Waals surface area contributed by atoms with E-state index in [1.165, 1.54) is 23.3 Å². The summed E-state index contributed by atoms with van der Waals surface area (Å²) < 4.78 is 4.67. The van der Waals surface area contributed by atoms with Crippen LogP contribution in [0.5, 0.6) is 0 Å². The Morgan fingerprint density at radius 1 is 1.24 bits per heavy atom. The molecule has 0 atom stereocenters. The van der Waals surface area contributed by atoms with E-state index in [0.29, 0.717) is 33.9 Å². The lowest BCUT2D eigenvalue weighted by Crippen LogP contribution is -2.39. The van der Waals surface area contributed by atoms with Crippen LogP contribution in [0.2, 0.25) is 10.0 Å². The minimum Gasteiger partial charge on any atom is -0.363 e. The quantitative estimate of drug-likeness (QED) is 0.780. The number of carbonyl (C=O) groups is 2. The van der Waals surface area contributed by atoms with E-state index >= 15 is 0 Å². The fourth-order valence-electron chi connectivity index (χ4n) is 2.11. The average molecular weight is 384 g/mol. The molecule has 8 heteroatoms. The second-order valence-corrected chi connectivity index (χ2v) is 6.79. The number of anilines is 1. The van der Waals surface area contributed by atoms with Crippen LogP contribution in [0.25, 0.3) is 0 Å². The number of aromatic nitrogens is 1. The number of carbonyl (C=O) groups excluding carboxylic acids is 2. The zero-order chi connectivity index (χ0) is 18.4. The third-order valence-corrected chi connectivity index (χ3v) is 4.21. The highest BCUT2D eigenvalue weighted by Gasteiger charge is 2.20. The summed E-state index contributed by atoms with van der Waals surface area (Å²) in [7, 11) is 0. The van der Waals surface area contributed by atoms with Gasteiger partial charge in [-0.2, -0.15) is 0 Å². The first-order chi connectivity index (χ1) is 11.9. The van der Waals surface area contributed by atoms with E-state index in [1.807, 2.05) is 0 Å². The number of hydrogen-bond acceptors (Lipinski definition) is 4. The maximum absolute atomic E-state index is 12.8. The lowest BCUT2D eigenvalue weighted by Gasteiger charge is -2.23. The molecule has 2 rings (SSSR count). The van der Waals surface area contributed by atoms with Gasteiger partial charge < -0.3 is 14.7 Å². The molecular weight excluding hydrogens is 365 g/mol. The third kappa shape index (κ3) is 5.76. The molecule has 0 saturated heterocycles. The number of nitrogens with zero attached hydrogens (tertiary/aromatic N) is 2. The Kier molecular flexibility index (Phi) is 6.84. The second-order valence-electron chi connectivity index (χ2n) is 5.97. The molecule has 0 saturated carbocycles. The first-order valence-corrected chi connectivity index (χ1v) is 8.57. The van der Waals surface area contributed by atoms with Gasteiger partial charge in [0, 0.05) is 18.2 Å². The Bertz CT molecular complexity index is 733. The first kappa shape index (κ1) is 19.3. The van der Waals surface area contributed by atoms with Gasteiger partial charge in [0.15, 0.2) is 5.82 Å². The van der Waals surface area contributed by atoms with Crippen molar-refractivity contribution in [1.82, 2.24) is 10.1 Å². The van der Waals surface area contributed by atoms with Crippen LogP contribution in [0.4, 0.5) is 5.82 Å². The summed E-state index contributed by atoms with van der Waals surface area (Å²) in [4.78, 5) is 26.4. The monoisotopic (exact) mass is 383 g/mol.